The number of amides is 1. The van der Waals surface area contributed by atoms with Gasteiger partial charge in [0.2, 0.25) is 0 Å². The maximum atomic E-state index is 13.5. The van der Waals surface area contributed by atoms with Crippen LogP contribution in [0.2, 0.25) is 0 Å². The van der Waals surface area contributed by atoms with Gasteiger partial charge in [-0.25, -0.2) is 0 Å². The van der Waals surface area contributed by atoms with E-state index in [0.717, 1.165) is 30.7 Å². The van der Waals surface area contributed by atoms with Gasteiger partial charge in [-0.15, -0.1) is 0 Å². The molecule has 6 nitrogen and oxygen atoms in total. The SMILES string of the molecule is Cn1c(C(C)(C)C)cc(=NC(=O)c2cc(C(F)(F)F)ccc2OCCNC(C)(C)C)n1CC1CCC1. The second-order valence-corrected chi connectivity index (χ2v) is 11.7. The summed E-state index contributed by atoms with van der Waals surface area (Å²) in [4.78, 5) is 17.7. The molecule has 1 aromatic carbocycles. The summed E-state index contributed by atoms with van der Waals surface area (Å²) < 4.78 is 50.1. The molecule has 1 aromatic heterocycles. The minimum atomic E-state index is -4.59. The number of alkyl halides is 3. The van der Waals surface area contributed by atoms with E-state index in [1.54, 1.807) is 0 Å². The van der Waals surface area contributed by atoms with Crippen molar-refractivity contribution < 1.29 is 22.7 Å². The Balaban J connectivity index is 2.01. The van der Waals surface area contributed by atoms with Crippen LogP contribution in [0.15, 0.2) is 29.3 Å². The first-order valence-electron chi connectivity index (χ1n) is 12.5. The molecule has 1 amide bonds. The second-order valence-electron chi connectivity index (χ2n) is 11.7. The van der Waals surface area contributed by atoms with Crippen molar-refractivity contribution in [3.8, 4) is 5.75 Å². The van der Waals surface area contributed by atoms with E-state index in [2.05, 4.69) is 31.1 Å². The van der Waals surface area contributed by atoms with Gasteiger partial charge in [-0.1, -0.05) is 27.2 Å². The molecule has 3 rings (SSSR count). The van der Waals surface area contributed by atoms with Crippen molar-refractivity contribution in [2.24, 2.45) is 18.0 Å². The van der Waals surface area contributed by atoms with Gasteiger partial charge >= 0.3 is 6.18 Å². The molecule has 0 radical (unpaired) electrons. The Morgan fingerprint density at radius 1 is 1.11 bits per heavy atom. The molecule has 1 heterocycles. The number of hydrogen-bond donors (Lipinski definition) is 1. The van der Waals surface area contributed by atoms with Crippen molar-refractivity contribution in [2.45, 2.75) is 84.5 Å². The number of aromatic nitrogens is 2. The summed E-state index contributed by atoms with van der Waals surface area (Å²) >= 11 is 0. The summed E-state index contributed by atoms with van der Waals surface area (Å²) in [5.74, 6) is -0.165. The summed E-state index contributed by atoms with van der Waals surface area (Å²) in [6.07, 6.45) is -1.17. The van der Waals surface area contributed by atoms with Crippen LogP contribution < -0.4 is 15.5 Å². The molecule has 0 bridgehead atoms. The third kappa shape index (κ3) is 7.02. The second kappa shape index (κ2) is 10.4. The maximum Gasteiger partial charge on any atom is 0.416 e. The van der Waals surface area contributed by atoms with Crippen LogP contribution >= 0.6 is 0 Å². The number of hydrogen-bond acceptors (Lipinski definition) is 3. The predicted octanol–water partition coefficient (Wildman–Crippen LogP) is 5.45. The zero-order valence-corrected chi connectivity index (χ0v) is 22.4. The first-order chi connectivity index (χ1) is 16.6. The minimum Gasteiger partial charge on any atom is -0.491 e. The van der Waals surface area contributed by atoms with Crippen LogP contribution in [0.5, 0.6) is 5.75 Å². The van der Waals surface area contributed by atoms with Gasteiger partial charge in [0.15, 0.2) is 5.49 Å². The van der Waals surface area contributed by atoms with Gasteiger partial charge in [0.25, 0.3) is 5.91 Å². The van der Waals surface area contributed by atoms with Gasteiger partial charge in [0.05, 0.1) is 11.1 Å². The lowest BCUT2D eigenvalue weighted by Gasteiger charge is -2.27. The molecular weight excluding hydrogens is 469 g/mol. The van der Waals surface area contributed by atoms with Gasteiger partial charge in [-0.2, -0.15) is 18.2 Å². The largest absolute Gasteiger partial charge is 0.491 e. The monoisotopic (exact) mass is 508 g/mol. The molecule has 0 aliphatic heterocycles. The summed E-state index contributed by atoms with van der Waals surface area (Å²) in [7, 11) is 1.93. The number of carbonyl (C=O) groups is 1. The van der Waals surface area contributed by atoms with Crippen LogP contribution in [0.1, 0.15) is 82.4 Å². The standard InChI is InChI=1S/C27H39F3N4O2/c1-25(2,3)22-16-23(34(33(22)7)17-18-9-8-10-18)32-24(35)20-15-19(27(28,29)30)11-12-21(20)36-14-13-31-26(4,5)6/h11-12,15-16,18,31H,8-10,13-14,17H2,1-7H3. The molecule has 200 valence electrons. The molecule has 1 saturated carbocycles. The summed E-state index contributed by atoms with van der Waals surface area (Å²) in [5, 5.41) is 3.26. The zero-order valence-electron chi connectivity index (χ0n) is 22.4. The Kier molecular flexibility index (Phi) is 8.13. The van der Waals surface area contributed by atoms with E-state index < -0.39 is 17.6 Å². The average Bonchev–Trinajstić information content (AvgIpc) is 3.02. The number of nitrogens with zero attached hydrogens (tertiary/aromatic N) is 3. The molecule has 1 fully saturated rings. The lowest BCUT2D eigenvalue weighted by atomic mass is 9.85. The van der Waals surface area contributed by atoms with Crippen LogP contribution in [0.25, 0.3) is 0 Å². The molecule has 36 heavy (non-hydrogen) atoms. The number of ether oxygens (including phenoxy) is 1. The molecule has 1 aliphatic carbocycles. The van der Waals surface area contributed by atoms with Gasteiger partial charge in [0, 0.05) is 42.9 Å². The van der Waals surface area contributed by atoms with E-state index in [9.17, 15) is 18.0 Å². The smallest absolute Gasteiger partial charge is 0.416 e. The minimum absolute atomic E-state index is 0.0879. The summed E-state index contributed by atoms with van der Waals surface area (Å²) in [6, 6.07) is 4.83. The quantitative estimate of drug-likeness (QED) is 0.506. The maximum absolute atomic E-state index is 13.5. The van der Waals surface area contributed by atoms with Crippen LogP contribution in [0, 0.1) is 5.92 Å². The number of benzene rings is 1. The topological polar surface area (TPSA) is 60.6 Å². The number of rotatable bonds is 7. The van der Waals surface area contributed by atoms with E-state index >= 15 is 0 Å². The van der Waals surface area contributed by atoms with Crippen molar-refractivity contribution in [1.82, 2.24) is 14.7 Å². The molecular formula is C27H39F3N4O2. The van der Waals surface area contributed by atoms with E-state index in [1.807, 2.05) is 43.2 Å². The van der Waals surface area contributed by atoms with Gasteiger partial charge < -0.3 is 10.1 Å². The fourth-order valence-corrected chi connectivity index (χ4v) is 4.25. The van der Waals surface area contributed by atoms with Crippen molar-refractivity contribution in [1.29, 1.82) is 0 Å². The molecule has 1 N–H and O–H groups in total. The van der Waals surface area contributed by atoms with Crippen LogP contribution in [-0.4, -0.2) is 34.0 Å². The Bertz CT molecular complexity index is 1140. The third-order valence-electron chi connectivity index (χ3n) is 6.43. The highest BCUT2D eigenvalue weighted by molar-refractivity contribution is 5.97. The van der Waals surface area contributed by atoms with Crippen molar-refractivity contribution in [3.05, 3.63) is 46.6 Å². The molecule has 9 heteroatoms. The van der Waals surface area contributed by atoms with Gasteiger partial charge in [0.1, 0.15) is 12.4 Å². The lowest BCUT2D eigenvalue weighted by Crippen LogP contribution is -2.38. The molecule has 0 atom stereocenters. The third-order valence-corrected chi connectivity index (χ3v) is 6.43. The van der Waals surface area contributed by atoms with Gasteiger partial charge in [-0.05, 0) is 57.7 Å². The summed E-state index contributed by atoms with van der Waals surface area (Å²) in [6.45, 7) is 13.6. The van der Waals surface area contributed by atoms with E-state index in [0.29, 0.717) is 24.5 Å². The predicted molar refractivity (Wildman–Crippen MR) is 134 cm³/mol. The molecule has 0 unspecified atom stereocenters. The molecule has 2 aromatic rings. The van der Waals surface area contributed by atoms with Crippen LogP contribution in [0.4, 0.5) is 13.2 Å². The lowest BCUT2D eigenvalue weighted by molar-refractivity contribution is -0.137. The molecule has 0 saturated heterocycles. The summed E-state index contributed by atoms with van der Waals surface area (Å²) in [5.41, 5.74) is -0.00988. The highest BCUT2D eigenvalue weighted by Gasteiger charge is 2.32. The van der Waals surface area contributed by atoms with Crippen LogP contribution in [0.3, 0.4) is 0 Å². The number of carbonyl (C=O) groups excluding carboxylic acids is 1. The Morgan fingerprint density at radius 2 is 1.78 bits per heavy atom. The number of nitrogens with one attached hydrogen (secondary N) is 1. The fourth-order valence-electron chi connectivity index (χ4n) is 4.25. The Labute approximate surface area is 211 Å². The highest BCUT2D eigenvalue weighted by atomic mass is 19.4. The van der Waals surface area contributed by atoms with E-state index in [-0.39, 0.29) is 28.9 Å². The molecule has 1 aliphatic rings. The highest BCUT2D eigenvalue weighted by Crippen LogP contribution is 2.33. The first-order valence-corrected chi connectivity index (χ1v) is 12.5. The molecule has 0 spiro atoms. The Morgan fingerprint density at radius 3 is 2.31 bits per heavy atom. The van der Waals surface area contributed by atoms with Crippen molar-refractivity contribution >= 4 is 5.91 Å². The van der Waals surface area contributed by atoms with Crippen molar-refractivity contribution in [2.75, 3.05) is 13.2 Å². The Hall–Kier alpha value is -2.55. The average molecular weight is 509 g/mol. The van der Waals surface area contributed by atoms with E-state index in [1.165, 1.54) is 12.5 Å². The number of halogens is 3. The normalized spacial score (nSPS) is 15.8. The van der Waals surface area contributed by atoms with Gasteiger partial charge in [-0.3, -0.25) is 14.2 Å². The van der Waals surface area contributed by atoms with Crippen molar-refractivity contribution in [3.63, 3.8) is 0 Å². The van der Waals surface area contributed by atoms with E-state index in [4.69, 9.17) is 4.74 Å². The fraction of sp³-hybridized carbons (Fsp3) is 0.630. The zero-order chi connectivity index (χ0) is 26.9. The van der Waals surface area contributed by atoms with Crippen LogP contribution in [-0.2, 0) is 25.2 Å². The first kappa shape index (κ1) is 28.0.